The standard InChI is InChI=1S/C23H28N4O4S/c1-15(2)31-22(28)16-8-10-18(11-9-16)27-32(29,30)19-12-13-20-21(14-19)26-23(25-20)24-17-6-4-3-5-7-17/h3-7,12-16,18,27H,8-11H2,1-2H3,(H2,24,25,26). The van der Waals surface area contributed by atoms with Crippen LogP contribution in [0.1, 0.15) is 39.5 Å². The van der Waals surface area contributed by atoms with Crippen LogP contribution < -0.4 is 10.0 Å². The maximum absolute atomic E-state index is 12.9. The number of aromatic nitrogens is 2. The highest BCUT2D eigenvalue weighted by Gasteiger charge is 2.30. The minimum Gasteiger partial charge on any atom is -0.463 e. The third-order valence-electron chi connectivity index (χ3n) is 5.54. The Morgan fingerprint density at radius 1 is 1.09 bits per heavy atom. The van der Waals surface area contributed by atoms with E-state index in [0.29, 0.717) is 37.1 Å². The molecule has 1 saturated carbocycles. The molecular formula is C23H28N4O4S. The Morgan fingerprint density at radius 2 is 1.81 bits per heavy atom. The molecule has 0 atom stereocenters. The summed E-state index contributed by atoms with van der Waals surface area (Å²) in [6.45, 7) is 3.66. The Kier molecular flexibility index (Phi) is 6.48. The fourth-order valence-corrected chi connectivity index (χ4v) is 5.26. The summed E-state index contributed by atoms with van der Waals surface area (Å²) >= 11 is 0. The molecule has 4 rings (SSSR count). The maximum atomic E-state index is 12.9. The van der Waals surface area contributed by atoms with Gasteiger partial charge in [-0.1, -0.05) is 18.2 Å². The van der Waals surface area contributed by atoms with E-state index in [9.17, 15) is 13.2 Å². The largest absolute Gasteiger partial charge is 0.463 e. The number of imidazole rings is 1. The zero-order valence-electron chi connectivity index (χ0n) is 18.2. The van der Waals surface area contributed by atoms with Crippen LogP contribution in [0, 0.1) is 5.92 Å². The molecule has 3 aromatic rings. The molecule has 0 bridgehead atoms. The molecule has 0 unspecified atom stereocenters. The molecule has 1 heterocycles. The predicted molar refractivity (Wildman–Crippen MR) is 123 cm³/mol. The van der Waals surface area contributed by atoms with Gasteiger partial charge in [0.2, 0.25) is 16.0 Å². The molecule has 3 N–H and O–H groups in total. The van der Waals surface area contributed by atoms with Crippen molar-refractivity contribution in [3.63, 3.8) is 0 Å². The summed E-state index contributed by atoms with van der Waals surface area (Å²) in [4.78, 5) is 19.9. The van der Waals surface area contributed by atoms with Crippen LogP contribution in [0.2, 0.25) is 0 Å². The van der Waals surface area contributed by atoms with E-state index in [1.807, 2.05) is 44.2 Å². The van der Waals surface area contributed by atoms with Gasteiger partial charge >= 0.3 is 5.97 Å². The quantitative estimate of drug-likeness (QED) is 0.462. The van der Waals surface area contributed by atoms with Gasteiger partial charge in [0.25, 0.3) is 0 Å². The van der Waals surface area contributed by atoms with Crippen molar-refractivity contribution in [3.8, 4) is 0 Å². The van der Waals surface area contributed by atoms with Crippen LogP contribution in [0.3, 0.4) is 0 Å². The molecule has 1 aromatic heterocycles. The number of H-pyrrole nitrogens is 1. The lowest BCUT2D eigenvalue weighted by Crippen LogP contribution is -2.39. The number of aromatic amines is 1. The van der Waals surface area contributed by atoms with Crippen LogP contribution >= 0.6 is 0 Å². The van der Waals surface area contributed by atoms with E-state index < -0.39 is 10.0 Å². The van der Waals surface area contributed by atoms with Crippen LogP contribution in [-0.4, -0.2) is 36.5 Å². The molecule has 1 fully saturated rings. The Labute approximate surface area is 187 Å². The first kappa shape index (κ1) is 22.3. The Balaban J connectivity index is 1.41. The normalized spacial score (nSPS) is 19.2. The fourth-order valence-electron chi connectivity index (χ4n) is 3.93. The molecule has 1 aliphatic carbocycles. The Hall–Kier alpha value is -2.91. The molecule has 9 heteroatoms. The number of hydrogen-bond donors (Lipinski definition) is 3. The monoisotopic (exact) mass is 456 g/mol. The highest BCUT2D eigenvalue weighted by atomic mass is 32.2. The number of nitrogens with one attached hydrogen (secondary N) is 3. The molecule has 1 aliphatic rings. The third-order valence-corrected chi connectivity index (χ3v) is 7.05. The van der Waals surface area contributed by atoms with Gasteiger partial charge in [-0.3, -0.25) is 4.79 Å². The molecule has 0 saturated heterocycles. The first-order chi connectivity index (χ1) is 15.3. The van der Waals surface area contributed by atoms with Gasteiger partial charge in [-0.05, 0) is 69.9 Å². The number of para-hydroxylation sites is 1. The van der Waals surface area contributed by atoms with Crippen molar-refractivity contribution in [2.24, 2.45) is 5.92 Å². The molecule has 8 nitrogen and oxygen atoms in total. The van der Waals surface area contributed by atoms with Crippen LogP contribution in [0.4, 0.5) is 11.6 Å². The van der Waals surface area contributed by atoms with Crippen molar-refractivity contribution in [3.05, 3.63) is 48.5 Å². The smallest absolute Gasteiger partial charge is 0.309 e. The molecule has 0 radical (unpaired) electrons. The van der Waals surface area contributed by atoms with E-state index in [2.05, 4.69) is 20.0 Å². The second-order valence-electron chi connectivity index (χ2n) is 8.41. The molecule has 0 spiro atoms. The summed E-state index contributed by atoms with van der Waals surface area (Å²) in [7, 11) is -3.70. The number of nitrogens with zero attached hydrogens (tertiary/aromatic N) is 1. The number of ether oxygens (including phenoxy) is 1. The van der Waals surface area contributed by atoms with E-state index in [1.54, 1.807) is 18.2 Å². The lowest BCUT2D eigenvalue weighted by Gasteiger charge is -2.28. The molecule has 2 aromatic carbocycles. The average Bonchev–Trinajstić information content (AvgIpc) is 3.15. The van der Waals surface area contributed by atoms with E-state index >= 15 is 0 Å². The highest BCUT2D eigenvalue weighted by Crippen LogP contribution is 2.27. The minimum atomic E-state index is -3.70. The number of sulfonamides is 1. The number of rotatable bonds is 7. The van der Waals surface area contributed by atoms with Gasteiger partial charge in [0.05, 0.1) is 28.0 Å². The summed E-state index contributed by atoms with van der Waals surface area (Å²) in [6.07, 6.45) is 2.30. The van der Waals surface area contributed by atoms with Crippen molar-refractivity contribution < 1.29 is 17.9 Å². The van der Waals surface area contributed by atoms with Crippen molar-refractivity contribution in [2.75, 3.05) is 5.32 Å². The van der Waals surface area contributed by atoms with Gasteiger partial charge in [0.15, 0.2) is 0 Å². The van der Waals surface area contributed by atoms with E-state index in [4.69, 9.17) is 4.74 Å². The van der Waals surface area contributed by atoms with Crippen LogP contribution in [0.25, 0.3) is 11.0 Å². The van der Waals surface area contributed by atoms with Crippen LogP contribution in [-0.2, 0) is 19.6 Å². The minimum absolute atomic E-state index is 0.140. The van der Waals surface area contributed by atoms with Gasteiger partial charge in [0.1, 0.15) is 0 Å². The second kappa shape index (κ2) is 9.30. The SMILES string of the molecule is CC(C)OC(=O)C1CCC(NS(=O)(=O)c2ccc3[nH]c(Nc4ccccc4)nc3c2)CC1. The Bertz CT molecular complexity index is 1180. The first-order valence-electron chi connectivity index (χ1n) is 10.8. The first-order valence-corrected chi connectivity index (χ1v) is 12.3. The topological polar surface area (TPSA) is 113 Å². The third kappa shape index (κ3) is 5.28. The highest BCUT2D eigenvalue weighted by molar-refractivity contribution is 7.89. The lowest BCUT2D eigenvalue weighted by molar-refractivity contribution is -0.153. The fraction of sp³-hybridized carbons (Fsp3) is 0.391. The van der Waals surface area contributed by atoms with Gasteiger partial charge in [-0.2, -0.15) is 0 Å². The molecule has 32 heavy (non-hydrogen) atoms. The summed E-state index contributed by atoms with van der Waals surface area (Å²) in [5.74, 6) is 0.194. The Morgan fingerprint density at radius 3 is 2.50 bits per heavy atom. The van der Waals surface area contributed by atoms with E-state index in [1.165, 1.54) is 0 Å². The van der Waals surface area contributed by atoms with Gasteiger partial charge in [-0.25, -0.2) is 18.1 Å². The zero-order chi connectivity index (χ0) is 22.7. The van der Waals surface area contributed by atoms with Crippen molar-refractivity contribution in [1.82, 2.24) is 14.7 Å². The van der Waals surface area contributed by atoms with Gasteiger partial charge < -0.3 is 15.0 Å². The van der Waals surface area contributed by atoms with E-state index in [-0.39, 0.29) is 28.9 Å². The molecule has 0 amide bonds. The lowest BCUT2D eigenvalue weighted by atomic mass is 9.86. The van der Waals surface area contributed by atoms with Crippen LogP contribution in [0.15, 0.2) is 53.4 Å². The van der Waals surface area contributed by atoms with Crippen LogP contribution in [0.5, 0.6) is 0 Å². The number of anilines is 2. The van der Waals surface area contributed by atoms with Gasteiger partial charge in [0, 0.05) is 11.7 Å². The zero-order valence-corrected chi connectivity index (χ0v) is 19.0. The maximum Gasteiger partial charge on any atom is 0.309 e. The predicted octanol–water partition coefficient (Wildman–Crippen LogP) is 4.10. The molecule has 0 aliphatic heterocycles. The summed E-state index contributed by atoms with van der Waals surface area (Å²) in [6, 6.07) is 14.3. The molecule has 170 valence electrons. The number of carbonyl (C=O) groups excluding carboxylic acids is 1. The number of hydrogen-bond acceptors (Lipinski definition) is 6. The number of fused-ring (bicyclic) bond motifs is 1. The number of esters is 1. The number of carbonyl (C=O) groups is 1. The average molecular weight is 457 g/mol. The molecular weight excluding hydrogens is 428 g/mol. The van der Waals surface area contributed by atoms with E-state index in [0.717, 1.165) is 11.2 Å². The van der Waals surface area contributed by atoms with Crippen molar-refractivity contribution >= 4 is 38.7 Å². The summed E-state index contributed by atoms with van der Waals surface area (Å²) < 4.78 is 34.0. The number of benzene rings is 2. The summed E-state index contributed by atoms with van der Waals surface area (Å²) in [5, 5.41) is 3.17. The van der Waals surface area contributed by atoms with Crippen molar-refractivity contribution in [2.45, 2.75) is 56.6 Å². The second-order valence-corrected chi connectivity index (χ2v) is 10.1. The van der Waals surface area contributed by atoms with Gasteiger partial charge in [-0.15, -0.1) is 0 Å². The summed E-state index contributed by atoms with van der Waals surface area (Å²) in [5.41, 5.74) is 2.19. The van der Waals surface area contributed by atoms with Crippen molar-refractivity contribution in [1.29, 1.82) is 0 Å².